The lowest BCUT2D eigenvalue weighted by atomic mass is 10.2. The van der Waals surface area contributed by atoms with Crippen LogP contribution >= 0.6 is 0 Å². The van der Waals surface area contributed by atoms with E-state index in [1.165, 1.54) is 0 Å². The zero-order chi connectivity index (χ0) is 8.69. The van der Waals surface area contributed by atoms with Gasteiger partial charge in [-0.2, -0.15) is 0 Å². The Hall–Kier alpha value is -0.570. The van der Waals surface area contributed by atoms with E-state index in [2.05, 4.69) is 5.32 Å². The van der Waals surface area contributed by atoms with Crippen LogP contribution in [0.4, 0.5) is 0 Å². The predicted octanol–water partition coefficient (Wildman–Crippen LogP) is 0.640. The average molecular weight is 158 g/mol. The lowest BCUT2D eigenvalue weighted by Gasteiger charge is -2.05. The van der Waals surface area contributed by atoms with Crippen molar-refractivity contribution in [2.24, 2.45) is 5.73 Å². The van der Waals surface area contributed by atoms with Crippen LogP contribution in [-0.4, -0.2) is 18.5 Å². The van der Waals surface area contributed by atoms with Gasteiger partial charge in [-0.3, -0.25) is 4.79 Å². The molecule has 1 unspecified atom stereocenters. The lowest BCUT2D eigenvalue weighted by molar-refractivity contribution is -0.120. The normalized spacial score (nSPS) is 12.6. The van der Waals surface area contributed by atoms with E-state index in [0.29, 0.717) is 6.42 Å². The van der Waals surface area contributed by atoms with E-state index < -0.39 is 0 Å². The molecule has 0 saturated carbocycles. The van der Waals surface area contributed by atoms with Crippen LogP contribution in [0.15, 0.2) is 0 Å². The highest BCUT2D eigenvalue weighted by Crippen LogP contribution is 1.90. The van der Waals surface area contributed by atoms with Crippen molar-refractivity contribution in [2.45, 2.75) is 39.2 Å². The molecule has 0 radical (unpaired) electrons. The first-order chi connectivity index (χ1) is 5.16. The Bertz CT molecular complexity index is 113. The summed E-state index contributed by atoms with van der Waals surface area (Å²) >= 11 is 0. The summed E-state index contributed by atoms with van der Waals surface area (Å²) in [7, 11) is 0. The van der Waals surface area contributed by atoms with Gasteiger partial charge in [0.2, 0.25) is 5.91 Å². The maximum absolute atomic E-state index is 10.7. The number of hydrogen-bond donors (Lipinski definition) is 2. The number of carbonyl (C=O) groups is 1. The van der Waals surface area contributed by atoms with E-state index in [-0.39, 0.29) is 11.9 Å². The first kappa shape index (κ1) is 10.4. The van der Waals surface area contributed by atoms with Crippen molar-refractivity contribution in [3.8, 4) is 0 Å². The number of carbonyl (C=O) groups excluding carboxylic acids is 1. The number of amides is 1. The summed E-state index contributed by atoms with van der Waals surface area (Å²) in [6.45, 7) is 4.58. The molecule has 1 atom stereocenters. The van der Waals surface area contributed by atoms with Crippen LogP contribution in [0.3, 0.4) is 0 Å². The summed E-state index contributed by atoms with van der Waals surface area (Å²) in [5.41, 5.74) is 5.53. The standard InChI is InChI=1S/C8H18N2O/c1-3-8(11)10-6-4-5-7(2)9/h7H,3-6,9H2,1-2H3,(H,10,11). The zero-order valence-electron chi connectivity index (χ0n) is 7.39. The minimum Gasteiger partial charge on any atom is -0.356 e. The summed E-state index contributed by atoms with van der Waals surface area (Å²) in [5, 5.41) is 2.79. The van der Waals surface area contributed by atoms with Crippen molar-refractivity contribution in [3.63, 3.8) is 0 Å². The molecule has 0 aromatic heterocycles. The zero-order valence-corrected chi connectivity index (χ0v) is 7.39. The van der Waals surface area contributed by atoms with Gasteiger partial charge in [-0.25, -0.2) is 0 Å². The fourth-order valence-electron chi connectivity index (χ4n) is 0.777. The topological polar surface area (TPSA) is 55.1 Å². The fraction of sp³-hybridized carbons (Fsp3) is 0.875. The molecule has 3 nitrogen and oxygen atoms in total. The molecule has 0 aliphatic heterocycles. The minimum absolute atomic E-state index is 0.120. The fourth-order valence-corrected chi connectivity index (χ4v) is 0.777. The second-order valence-electron chi connectivity index (χ2n) is 2.82. The predicted molar refractivity (Wildman–Crippen MR) is 46.2 cm³/mol. The van der Waals surface area contributed by atoms with Gasteiger partial charge >= 0.3 is 0 Å². The number of nitrogens with one attached hydrogen (secondary N) is 1. The molecule has 1 amide bonds. The summed E-state index contributed by atoms with van der Waals surface area (Å²) in [6, 6.07) is 0.244. The van der Waals surface area contributed by atoms with Crippen molar-refractivity contribution in [1.29, 1.82) is 0 Å². The van der Waals surface area contributed by atoms with E-state index >= 15 is 0 Å². The Morgan fingerprint density at radius 3 is 2.73 bits per heavy atom. The van der Waals surface area contributed by atoms with Crippen LogP contribution in [-0.2, 0) is 4.79 Å². The molecule has 11 heavy (non-hydrogen) atoms. The Labute approximate surface area is 68.3 Å². The first-order valence-electron chi connectivity index (χ1n) is 4.19. The third-order valence-corrected chi connectivity index (χ3v) is 1.48. The van der Waals surface area contributed by atoms with Crippen LogP contribution in [0.25, 0.3) is 0 Å². The molecule has 66 valence electrons. The molecular formula is C8H18N2O. The van der Waals surface area contributed by atoms with Crippen molar-refractivity contribution >= 4 is 5.91 Å². The Morgan fingerprint density at radius 2 is 2.27 bits per heavy atom. The van der Waals surface area contributed by atoms with Gasteiger partial charge in [0.25, 0.3) is 0 Å². The molecule has 0 rings (SSSR count). The van der Waals surface area contributed by atoms with Gasteiger partial charge in [0.1, 0.15) is 0 Å². The maximum Gasteiger partial charge on any atom is 0.219 e. The average Bonchev–Trinajstić information content (AvgIpc) is 1.97. The molecule has 0 aromatic carbocycles. The van der Waals surface area contributed by atoms with E-state index in [0.717, 1.165) is 19.4 Å². The van der Waals surface area contributed by atoms with E-state index in [4.69, 9.17) is 5.73 Å². The molecule has 0 bridgehead atoms. The van der Waals surface area contributed by atoms with Crippen LogP contribution in [0, 0.1) is 0 Å². The number of rotatable bonds is 5. The molecule has 0 aliphatic carbocycles. The molecule has 0 heterocycles. The molecule has 3 heteroatoms. The first-order valence-corrected chi connectivity index (χ1v) is 4.19. The maximum atomic E-state index is 10.7. The highest BCUT2D eigenvalue weighted by molar-refractivity contribution is 5.75. The third kappa shape index (κ3) is 7.33. The Morgan fingerprint density at radius 1 is 1.64 bits per heavy atom. The van der Waals surface area contributed by atoms with Crippen molar-refractivity contribution < 1.29 is 4.79 Å². The van der Waals surface area contributed by atoms with Crippen LogP contribution < -0.4 is 11.1 Å². The molecule has 0 fully saturated rings. The molecule has 0 aliphatic rings. The number of nitrogens with two attached hydrogens (primary N) is 1. The highest BCUT2D eigenvalue weighted by atomic mass is 16.1. The van der Waals surface area contributed by atoms with Crippen molar-refractivity contribution in [3.05, 3.63) is 0 Å². The molecule has 0 spiro atoms. The lowest BCUT2D eigenvalue weighted by Crippen LogP contribution is -2.25. The second kappa shape index (κ2) is 6.16. The van der Waals surface area contributed by atoms with Gasteiger partial charge in [0.15, 0.2) is 0 Å². The van der Waals surface area contributed by atoms with Gasteiger partial charge in [0, 0.05) is 19.0 Å². The molecule has 0 saturated heterocycles. The van der Waals surface area contributed by atoms with Crippen molar-refractivity contribution in [1.82, 2.24) is 5.32 Å². The third-order valence-electron chi connectivity index (χ3n) is 1.48. The second-order valence-corrected chi connectivity index (χ2v) is 2.82. The Balaban J connectivity index is 3.08. The monoisotopic (exact) mass is 158 g/mol. The number of hydrogen-bond acceptors (Lipinski definition) is 2. The smallest absolute Gasteiger partial charge is 0.219 e. The van der Waals surface area contributed by atoms with Crippen LogP contribution in [0.1, 0.15) is 33.1 Å². The Kier molecular flexibility index (Phi) is 5.84. The minimum atomic E-state index is 0.120. The molecular weight excluding hydrogens is 140 g/mol. The summed E-state index contributed by atoms with van der Waals surface area (Å²) < 4.78 is 0. The van der Waals surface area contributed by atoms with Gasteiger partial charge < -0.3 is 11.1 Å². The summed E-state index contributed by atoms with van der Waals surface area (Å²) in [5.74, 6) is 0.120. The summed E-state index contributed by atoms with van der Waals surface area (Å²) in [4.78, 5) is 10.7. The SMILES string of the molecule is CCC(=O)NCCCC(C)N. The van der Waals surface area contributed by atoms with Crippen LogP contribution in [0.5, 0.6) is 0 Å². The highest BCUT2D eigenvalue weighted by Gasteiger charge is 1.96. The van der Waals surface area contributed by atoms with Gasteiger partial charge in [-0.15, -0.1) is 0 Å². The largest absolute Gasteiger partial charge is 0.356 e. The van der Waals surface area contributed by atoms with Crippen molar-refractivity contribution in [2.75, 3.05) is 6.54 Å². The van der Waals surface area contributed by atoms with E-state index in [1.54, 1.807) is 0 Å². The van der Waals surface area contributed by atoms with E-state index in [9.17, 15) is 4.79 Å². The van der Waals surface area contributed by atoms with E-state index in [1.807, 2.05) is 13.8 Å². The van der Waals surface area contributed by atoms with Gasteiger partial charge in [-0.1, -0.05) is 6.92 Å². The molecule has 3 N–H and O–H groups in total. The summed E-state index contributed by atoms with van der Waals surface area (Å²) in [6.07, 6.45) is 2.52. The van der Waals surface area contributed by atoms with Crippen LogP contribution in [0.2, 0.25) is 0 Å². The van der Waals surface area contributed by atoms with Gasteiger partial charge in [-0.05, 0) is 19.8 Å². The quantitative estimate of drug-likeness (QED) is 0.577. The molecule has 0 aromatic rings. The van der Waals surface area contributed by atoms with Gasteiger partial charge in [0.05, 0.1) is 0 Å².